The van der Waals surface area contributed by atoms with Crippen LogP contribution in [0.1, 0.15) is 39.6 Å². The lowest BCUT2D eigenvalue weighted by Gasteiger charge is -2.06. The number of ether oxygens (including phenoxy) is 2. The second-order valence-corrected chi connectivity index (χ2v) is 5.21. The number of nitro benzene ring substituents is 1. The van der Waals surface area contributed by atoms with Gasteiger partial charge < -0.3 is 9.47 Å². The van der Waals surface area contributed by atoms with Crippen molar-refractivity contribution in [3.8, 4) is 0 Å². The van der Waals surface area contributed by atoms with Crippen molar-refractivity contribution in [1.82, 2.24) is 0 Å². The van der Waals surface area contributed by atoms with Gasteiger partial charge in [-0.15, -0.1) is 0 Å². The SMILES string of the molecule is CCCOC(=O)c1ccc(C(=O)OCc2ccc([N+](=O)[O-])cc2)cc1. The lowest BCUT2D eigenvalue weighted by Crippen LogP contribution is -2.08. The lowest BCUT2D eigenvalue weighted by molar-refractivity contribution is -0.384. The van der Waals surface area contributed by atoms with Gasteiger partial charge in [0.15, 0.2) is 0 Å². The topological polar surface area (TPSA) is 95.7 Å². The fourth-order valence-electron chi connectivity index (χ4n) is 1.97. The van der Waals surface area contributed by atoms with Crippen molar-refractivity contribution in [3.05, 3.63) is 75.3 Å². The Balaban J connectivity index is 1.92. The van der Waals surface area contributed by atoms with E-state index in [1.165, 1.54) is 48.5 Å². The van der Waals surface area contributed by atoms with Gasteiger partial charge in [-0.2, -0.15) is 0 Å². The van der Waals surface area contributed by atoms with Crippen LogP contribution < -0.4 is 0 Å². The Hall–Kier alpha value is -3.22. The highest BCUT2D eigenvalue weighted by Crippen LogP contribution is 2.14. The molecule has 0 saturated carbocycles. The number of nitrogens with zero attached hydrogens (tertiary/aromatic N) is 1. The summed E-state index contributed by atoms with van der Waals surface area (Å²) in [5, 5.41) is 10.6. The summed E-state index contributed by atoms with van der Waals surface area (Å²) >= 11 is 0. The highest BCUT2D eigenvalue weighted by molar-refractivity contribution is 5.93. The third-order valence-corrected chi connectivity index (χ3v) is 3.31. The number of hydrogen-bond donors (Lipinski definition) is 0. The number of nitro groups is 1. The zero-order valence-corrected chi connectivity index (χ0v) is 13.6. The van der Waals surface area contributed by atoms with Crippen molar-refractivity contribution in [3.63, 3.8) is 0 Å². The molecule has 2 aromatic carbocycles. The van der Waals surface area contributed by atoms with Crippen LogP contribution in [0, 0.1) is 10.1 Å². The molecule has 0 spiro atoms. The summed E-state index contributed by atoms with van der Waals surface area (Å²) in [6, 6.07) is 11.7. The Morgan fingerprint density at radius 3 is 1.92 bits per heavy atom. The van der Waals surface area contributed by atoms with Crippen molar-refractivity contribution in [1.29, 1.82) is 0 Å². The summed E-state index contributed by atoms with van der Waals surface area (Å²) in [6.07, 6.45) is 0.735. The van der Waals surface area contributed by atoms with Crippen molar-refractivity contribution in [2.45, 2.75) is 20.0 Å². The zero-order chi connectivity index (χ0) is 18.2. The van der Waals surface area contributed by atoms with Crippen LogP contribution in [0.3, 0.4) is 0 Å². The van der Waals surface area contributed by atoms with Crippen LogP contribution in [0.2, 0.25) is 0 Å². The van der Waals surface area contributed by atoms with E-state index < -0.39 is 16.9 Å². The quantitative estimate of drug-likeness (QED) is 0.433. The summed E-state index contributed by atoms with van der Waals surface area (Å²) in [5.41, 5.74) is 1.27. The molecule has 0 aliphatic carbocycles. The van der Waals surface area contributed by atoms with E-state index in [-0.39, 0.29) is 12.3 Å². The standard InChI is InChI=1S/C18H17NO6/c1-2-11-24-17(20)14-5-7-15(8-6-14)18(21)25-12-13-3-9-16(10-4-13)19(22)23/h3-10H,2,11-12H2,1H3. The fourth-order valence-corrected chi connectivity index (χ4v) is 1.97. The van der Waals surface area contributed by atoms with Crippen LogP contribution in [0.25, 0.3) is 0 Å². The first kappa shape index (κ1) is 18.1. The smallest absolute Gasteiger partial charge is 0.338 e. The number of rotatable bonds is 7. The van der Waals surface area contributed by atoms with E-state index in [2.05, 4.69) is 0 Å². The first-order valence-corrected chi connectivity index (χ1v) is 7.69. The third-order valence-electron chi connectivity index (χ3n) is 3.31. The highest BCUT2D eigenvalue weighted by atomic mass is 16.6. The summed E-state index contributed by atoms with van der Waals surface area (Å²) in [5.74, 6) is -0.987. The number of non-ortho nitro benzene ring substituents is 1. The first-order valence-electron chi connectivity index (χ1n) is 7.69. The molecular weight excluding hydrogens is 326 g/mol. The molecule has 0 atom stereocenters. The molecule has 7 heteroatoms. The largest absolute Gasteiger partial charge is 0.462 e. The van der Waals surface area contributed by atoms with Crippen LogP contribution in [0.5, 0.6) is 0 Å². The van der Waals surface area contributed by atoms with Crippen LogP contribution in [0.4, 0.5) is 5.69 Å². The number of carbonyl (C=O) groups excluding carboxylic acids is 2. The normalized spacial score (nSPS) is 10.1. The Bertz CT molecular complexity index is 752. The Labute approximate surface area is 144 Å². The molecule has 130 valence electrons. The van der Waals surface area contributed by atoms with E-state index >= 15 is 0 Å². The minimum absolute atomic E-state index is 0.00286. The van der Waals surface area contributed by atoms with E-state index in [0.29, 0.717) is 23.3 Å². The Kier molecular flexibility index (Phi) is 6.22. The number of esters is 2. The predicted octanol–water partition coefficient (Wildman–Crippen LogP) is 3.52. The molecule has 2 rings (SSSR count). The molecular formula is C18H17NO6. The molecule has 0 aliphatic heterocycles. The monoisotopic (exact) mass is 343 g/mol. The summed E-state index contributed by atoms with van der Waals surface area (Å²) in [4.78, 5) is 33.8. The summed E-state index contributed by atoms with van der Waals surface area (Å²) in [6.45, 7) is 2.24. The van der Waals surface area contributed by atoms with Crippen molar-refractivity contribution < 1.29 is 24.0 Å². The van der Waals surface area contributed by atoms with Gasteiger partial charge >= 0.3 is 11.9 Å². The van der Waals surface area contributed by atoms with E-state index in [1.807, 2.05) is 6.92 Å². The molecule has 0 amide bonds. The van der Waals surface area contributed by atoms with Crippen LogP contribution in [-0.4, -0.2) is 23.5 Å². The van der Waals surface area contributed by atoms with E-state index in [1.54, 1.807) is 0 Å². The molecule has 0 aliphatic rings. The van der Waals surface area contributed by atoms with E-state index in [9.17, 15) is 19.7 Å². The van der Waals surface area contributed by atoms with Gasteiger partial charge in [-0.1, -0.05) is 6.92 Å². The maximum atomic E-state index is 12.0. The molecule has 0 N–H and O–H groups in total. The van der Waals surface area contributed by atoms with Gasteiger partial charge in [-0.3, -0.25) is 10.1 Å². The van der Waals surface area contributed by atoms with Gasteiger partial charge in [0.1, 0.15) is 6.61 Å². The average Bonchev–Trinajstić information content (AvgIpc) is 2.64. The minimum atomic E-state index is -0.549. The second-order valence-electron chi connectivity index (χ2n) is 5.21. The van der Waals surface area contributed by atoms with Gasteiger partial charge in [0.05, 0.1) is 22.7 Å². The van der Waals surface area contributed by atoms with Crippen molar-refractivity contribution in [2.75, 3.05) is 6.61 Å². The van der Waals surface area contributed by atoms with Crippen LogP contribution in [0.15, 0.2) is 48.5 Å². The molecule has 2 aromatic rings. The lowest BCUT2D eigenvalue weighted by atomic mass is 10.1. The number of carbonyl (C=O) groups is 2. The van der Waals surface area contributed by atoms with Gasteiger partial charge in [-0.05, 0) is 48.4 Å². The maximum Gasteiger partial charge on any atom is 0.338 e. The van der Waals surface area contributed by atoms with E-state index in [0.717, 1.165) is 6.42 Å². The van der Waals surface area contributed by atoms with Gasteiger partial charge in [0.2, 0.25) is 0 Å². The molecule has 0 fully saturated rings. The summed E-state index contributed by atoms with van der Waals surface area (Å²) in [7, 11) is 0. The third kappa shape index (κ3) is 5.13. The van der Waals surface area contributed by atoms with Crippen molar-refractivity contribution in [2.24, 2.45) is 0 Å². The first-order chi connectivity index (χ1) is 12.0. The van der Waals surface area contributed by atoms with Gasteiger partial charge in [0, 0.05) is 12.1 Å². The molecule has 0 unspecified atom stereocenters. The summed E-state index contributed by atoms with van der Waals surface area (Å²) < 4.78 is 10.2. The number of benzene rings is 2. The highest BCUT2D eigenvalue weighted by Gasteiger charge is 2.11. The van der Waals surface area contributed by atoms with Crippen LogP contribution >= 0.6 is 0 Å². The minimum Gasteiger partial charge on any atom is -0.462 e. The Morgan fingerprint density at radius 2 is 1.44 bits per heavy atom. The van der Waals surface area contributed by atoms with Gasteiger partial charge in [-0.25, -0.2) is 9.59 Å². The second kappa shape index (κ2) is 8.58. The number of hydrogen-bond acceptors (Lipinski definition) is 6. The van der Waals surface area contributed by atoms with Crippen LogP contribution in [-0.2, 0) is 16.1 Å². The molecule has 0 radical (unpaired) electrons. The molecule has 25 heavy (non-hydrogen) atoms. The predicted molar refractivity (Wildman–Crippen MR) is 89.2 cm³/mol. The molecule has 0 saturated heterocycles. The average molecular weight is 343 g/mol. The van der Waals surface area contributed by atoms with Crippen molar-refractivity contribution >= 4 is 17.6 Å². The fraction of sp³-hybridized carbons (Fsp3) is 0.222. The Morgan fingerprint density at radius 1 is 0.920 bits per heavy atom. The zero-order valence-electron chi connectivity index (χ0n) is 13.6. The molecule has 0 heterocycles. The van der Waals surface area contributed by atoms with E-state index in [4.69, 9.17) is 9.47 Å². The van der Waals surface area contributed by atoms with Gasteiger partial charge in [0.25, 0.3) is 5.69 Å². The molecule has 7 nitrogen and oxygen atoms in total. The molecule has 0 bridgehead atoms. The maximum absolute atomic E-state index is 12.0. The molecule has 0 aromatic heterocycles.